The van der Waals surface area contributed by atoms with Crippen LogP contribution in [-0.2, 0) is 21.3 Å². The van der Waals surface area contributed by atoms with Crippen LogP contribution in [0.4, 0.5) is 11.5 Å². The Labute approximate surface area is 217 Å². The topological polar surface area (TPSA) is 109 Å². The summed E-state index contributed by atoms with van der Waals surface area (Å²) >= 11 is 0. The molecule has 5 rings (SSSR count). The number of carbonyl (C=O) groups is 1. The third-order valence-electron chi connectivity index (χ3n) is 8.03. The molecule has 1 atom stereocenters. The van der Waals surface area contributed by atoms with Crippen LogP contribution in [0.2, 0.25) is 0 Å². The van der Waals surface area contributed by atoms with Crippen molar-refractivity contribution in [3.63, 3.8) is 0 Å². The molecule has 1 aromatic heterocycles. The van der Waals surface area contributed by atoms with Crippen LogP contribution in [0, 0.1) is 10.1 Å². The second kappa shape index (κ2) is 11.0. The van der Waals surface area contributed by atoms with E-state index in [9.17, 15) is 14.9 Å². The zero-order chi connectivity index (χ0) is 25.9. The number of aryl methyl sites for hydroxylation is 1. The first-order chi connectivity index (χ1) is 18.0. The second-order valence-electron chi connectivity index (χ2n) is 10.4. The smallest absolute Gasteiger partial charge is 0.336 e. The minimum atomic E-state index is -0.645. The van der Waals surface area contributed by atoms with Gasteiger partial charge in [0.15, 0.2) is 0 Å². The van der Waals surface area contributed by atoms with Gasteiger partial charge >= 0.3 is 5.97 Å². The highest BCUT2D eigenvalue weighted by Crippen LogP contribution is 2.49. The summed E-state index contributed by atoms with van der Waals surface area (Å²) in [5.41, 5.74) is 3.25. The van der Waals surface area contributed by atoms with Crippen molar-refractivity contribution in [2.75, 3.05) is 18.5 Å². The SMILES string of the molecule is CC1=C(C(=O)OCCOC2CCCCC2)C(c2ccccc2[N+](=O)[O-])c2c(C3CCCC3)nn(C)c2N1. The molecule has 2 aliphatic carbocycles. The van der Waals surface area contributed by atoms with E-state index in [1.165, 1.54) is 25.3 Å². The number of esters is 1. The van der Waals surface area contributed by atoms with Crippen molar-refractivity contribution in [2.24, 2.45) is 7.05 Å². The standard InChI is InChI=1S/C28H36N4O5/c1-18-23(28(33)37-17-16-36-20-12-4-3-5-13-20)24(21-14-8-9-15-22(21)32(34)35)25-26(19-10-6-7-11-19)30-31(2)27(25)29-18/h8-9,14-15,19-20,24,29H,3-7,10-13,16-17H2,1-2H3. The minimum Gasteiger partial charge on any atom is -0.460 e. The van der Waals surface area contributed by atoms with Crippen molar-refractivity contribution in [3.05, 3.63) is 62.5 Å². The summed E-state index contributed by atoms with van der Waals surface area (Å²) in [6.07, 6.45) is 10.2. The Kier molecular flexibility index (Phi) is 7.60. The Morgan fingerprint density at radius 1 is 1.11 bits per heavy atom. The fourth-order valence-corrected chi connectivity index (χ4v) is 6.24. The second-order valence-corrected chi connectivity index (χ2v) is 10.4. The number of anilines is 1. The Morgan fingerprint density at radius 2 is 1.81 bits per heavy atom. The van der Waals surface area contributed by atoms with Gasteiger partial charge in [-0.15, -0.1) is 0 Å². The van der Waals surface area contributed by atoms with Gasteiger partial charge in [0.1, 0.15) is 12.4 Å². The number of nitro benzene ring substituents is 1. The summed E-state index contributed by atoms with van der Waals surface area (Å²) in [6.45, 7) is 2.31. The highest BCUT2D eigenvalue weighted by atomic mass is 16.6. The quantitative estimate of drug-likeness (QED) is 0.211. The Morgan fingerprint density at radius 3 is 2.54 bits per heavy atom. The number of allylic oxidation sites excluding steroid dienone is 1. The minimum absolute atomic E-state index is 0.0136. The van der Waals surface area contributed by atoms with E-state index in [1.807, 2.05) is 14.0 Å². The lowest BCUT2D eigenvalue weighted by molar-refractivity contribution is -0.385. The van der Waals surface area contributed by atoms with Crippen molar-refractivity contribution in [1.82, 2.24) is 9.78 Å². The molecule has 1 N–H and O–H groups in total. The number of nitrogens with one attached hydrogen (secondary N) is 1. The number of nitrogens with zero attached hydrogens (tertiary/aromatic N) is 3. The van der Waals surface area contributed by atoms with E-state index in [4.69, 9.17) is 14.6 Å². The van der Waals surface area contributed by atoms with Gasteiger partial charge in [-0.25, -0.2) is 4.79 Å². The van der Waals surface area contributed by atoms with Gasteiger partial charge in [-0.05, 0) is 32.6 Å². The molecule has 3 aliphatic rings. The Bertz CT molecular complexity index is 1190. The van der Waals surface area contributed by atoms with E-state index in [0.717, 1.165) is 55.6 Å². The van der Waals surface area contributed by atoms with Crippen LogP contribution in [0.1, 0.15) is 93.4 Å². The summed E-state index contributed by atoms with van der Waals surface area (Å²) in [4.78, 5) is 25.3. The van der Waals surface area contributed by atoms with Gasteiger partial charge in [0.2, 0.25) is 0 Å². The molecule has 1 unspecified atom stereocenters. The number of para-hydroxylation sites is 1. The van der Waals surface area contributed by atoms with E-state index in [-0.39, 0.29) is 29.2 Å². The first-order valence-corrected chi connectivity index (χ1v) is 13.5. The Hall–Kier alpha value is -3.20. The predicted molar refractivity (Wildman–Crippen MR) is 139 cm³/mol. The normalized spacial score (nSPS) is 20.5. The lowest BCUT2D eigenvalue weighted by Crippen LogP contribution is -2.27. The number of rotatable bonds is 8. The van der Waals surface area contributed by atoms with Gasteiger partial charge in [0.25, 0.3) is 5.69 Å². The summed E-state index contributed by atoms with van der Waals surface area (Å²) in [5, 5.41) is 20.3. The highest BCUT2D eigenvalue weighted by Gasteiger charge is 2.42. The van der Waals surface area contributed by atoms with E-state index in [2.05, 4.69) is 5.32 Å². The molecule has 198 valence electrons. The van der Waals surface area contributed by atoms with Crippen molar-refractivity contribution in [2.45, 2.75) is 82.7 Å². The number of aromatic nitrogens is 2. The number of carbonyl (C=O) groups excluding carboxylic acids is 1. The maximum atomic E-state index is 13.6. The van der Waals surface area contributed by atoms with Crippen LogP contribution in [0.3, 0.4) is 0 Å². The number of nitro groups is 1. The average Bonchev–Trinajstić information content (AvgIpc) is 3.55. The lowest BCUT2D eigenvalue weighted by atomic mass is 9.79. The summed E-state index contributed by atoms with van der Waals surface area (Å²) in [6, 6.07) is 6.68. The lowest BCUT2D eigenvalue weighted by Gasteiger charge is -2.29. The fourth-order valence-electron chi connectivity index (χ4n) is 6.24. The number of fused-ring (bicyclic) bond motifs is 1. The Balaban J connectivity index is 1.48. The highest BCUT2D eigenvalue weighted by molar-refractivity contribution is 5.95. The van der Waals surface area contributed by atoms with Gasteiger partial charge in [0.05, 0.1) is 34.8 Å². The van der Waals surface area contributed by atoms with E-state index in [0.29, 0.717) is 23.4 Å². The van der Waals surface area contributed by atoms with Crippen molar-refractivity contribution >= 4 is 17.5 Å². The largest absolute Gasteiger partial charge is 0.460 e. The maximum absolute atomic E-state index is 13.6. The number of hydrogen-bond donors (Lipinski definition) is 1. The van der Waals surface area contributed by atoms with Crippen molar-refractivity contribution < 1.29 is 19.2 Å². The van der Waals surface area contributed by atoms with Crippen LogP contribution in [0.5, 0.6) is 0 Å². The summed E-state index contributed by atoms with van der Waals surface area (Å²) < 4.78 is 13.5. The van der Waals surface area contributed by atoms with Gasteiger partial charge in [-0.1, -0.05) is 50.3 Å². The van der Waals surface area contributed by atoms with Gasteiger partial charge in [-0.2, -0.15) is 5.10 Å². The molecule has 37 heavy (non-hydrogen) atoms. The number of benzene rings is 1. The molecule has 9 heteroatoms. The zero-order valence-corrected chi connectivity index (χ0v) is 21.7. The molecule has 2 saturated carbocycles. The fraction of sp³-hybridized carbons (Fsp3) is 0.571. The molecule has 2 heterocycles. The molecular formula is C28H36N4O5. The molecule has 0 amide bonds. The molecule has 1 aromatic carbocycles. The molecule has 0 bridgehead atoms. The molecule has 2 fully saturated rings. The predicted octanol–water partition coefficient (Wildman–Crippen LogP) is 5.71. The average molecular weight is 509 g/mol. The van der Waals surface area contributed by atoms with Crippen molar-refractivity contribution in [1.29, 1.82) is 0 Å². The molecular weight excluding hydrogens is 472 g/mol. The summed E-state index contributed by atoms with van der Waals surface area (Å²) in [7, 11) is 1.87. The first-order valence-electron chi connectivity index (χ1n) is 13.5. The van der Waals surface area contributed by atoms with Crippen LogP contribution >= 0.6 is 0 Å². The van der Waals surface area contributed by atoms with Gasteiger partial charge in [0, 0.05) is 35.9 Å². The van der Waals surface area contributed by atoms with Crippen LogP contribution < -0.4 is 5.32 Å². The van der Waals surface area contributed by atoms with Crippen LogP contribution in [0.15, 0.2) is 35.5 Å². The number of ether oxygens (including phenoxy) is 2. The van der Waals surface area contributed by atoms with Crippen LogP contribution in [0.25, 0.3) is 0 Å². The van der Waals surface area contributed by atoms with E-state index >= 15 is 0 Å². The molecule has 2 aromatic rings. The molecule has 9 nitrogen and oxygen atoms in total. The monoisotopic (exact) mass is 508 g/mol. The van der Waals surface area contributed by atoms with E-state index < -0.39 is 11.9 Å². The van der Waals surface area contributed by atoms with Crippen molar-refractivity contribution in [3.8, 4) is 0 Å². The van der Waals surface area contributed by atoms with Gasteiger partial charge < -0.3 is 14.8 Å². The molecule has 0 saturated heterocycles. The third-order valence-corrected chi connectivity index (χ3v) is 8.03. The molecule has 1 aliphatic heterocycles. The maximum Gasteiger partial charge on any atom is 0.336 e. The zero-order valence-electron chi connectivity index (χ0n) is 21.7. The first kappa shape index (κ1) is 25.4. The number of hydrogen-bond acceptors (Lipinski definition) is 7. The van der Waals surface area contributed by atoms with Gasteiger partial charge in [-0.3, -0.25) is 14.8 Å². The third kappa shape index (κ3) is 5.14. The molecule has 0 spiro atoms. The van der Waals surface area contributed by atoms with Crippen LogP contribution in [-0.4, -0.2) is 40.0 Å². The molecule has 0 radical (unpaired) electrons. The summed E-state index contributed by atoms with van der Waals surface area (Å²) in [5.74, 6) is -0.0810. The van der Waals surface area contributed by atoms with E-state index in [1.54, 1.807) is 22.9 Å².